The second kappa shape index (κ2) is 7.13. The van der Waals surface area contributed by atoms with Gasteiger partial charge >= 0.3 is 0 Å². The Morgan fingerprint density at radius 3 is 2.40 bits per heavy atom. The molecule has 4 nitrogen and oxygen atoms in total. The Kier molecular flexibility index (Phi) is 4.92. The molecule has 0 atom stereocenters. The zero-order chi connectivity index (χ0) is 18.0. The summed E-state index contributed by atoms with van der Waals surface area (Å²) in [7, 11) is 0. The standard InChI is InChI=1S/C18H12ClFN2O2S/c19-13-6-5-10(7-11-3-1-2-4-15(11)20)12(8-13)9-14-16(23)21-18(25)22-17(14)24/h1-6,8-9H,7H2,(H2,21,22,23,24,25). The Morgan fingerprint density at radius 2 is 1.72 bits per heavy atom. The molecule has 0 unspecified atom stereocenters. The van der Waals surface area contributed by atoms with Gasteiger partial charge in [0.05, 0.1) is 0 Å². The molecule has 0 spiro atoms. The Labute approximate surface area is 153 Å². The van der Waals surface area contributed by atoms with Gasteiger partial charge in [0.25, 0.3) is 11.8 Å². The minimum atomic E-state index is -0.592. The van der Waals surface area contributed by atoms with E-state index >= 15 is 0 Å². The molecule has 0 radical (unpaired) electrons. The van der Waals surface area contributed by atoms with Crippen LogP contribution in [-0.4, -0.2) is 16.9 Å². The zero-order valence-corrected chi connectivity index (χ0v) is 14.4. The minimum absolute atomic E-state index is 0.0372. The molecule has 2 N–H and O–H groups in total. The minimum Gasteiger partial charge on any atom is -0.299 e. The van der Waals surface area contributed by atoms with E-state index in [1.165, 1.54) is 12.1 Å². The van der Waals surface area contributed by atoms with E-state index in [0.717, 1.165) is 5.56 Å². The summed E-state index contributed by atoms with van der Waals surface area (Å²) in [6, 6.07) is 11.5. The van der Waals surface area contributed by atoms with Crippen molar-refractivity contribution in [2.75, 3.05) is 0 Å². The van der Waals surface area contributed by atoms with Crippen molar-refractivity contribution in [2.45, 2.75) is 6.42 Å². The van der Waals surface area contributed by atoms with E-state index in [4.69, 9.17) is 23.8 Å². The first kappa shape index (κ1) is 17.3. The summed E-state index contributed by atoms with van der Waals surface area (Å²) < 4.78 is 13.9. The Morgan fingerprint density at radius 1 is 1.04 bits per heavy atom. The van der Waals surface area contributed by atoms with Crippen LogP contribution in [0.15, 0.2) is 48.0 Å². The maximum absolute atomic E-state index is 13.9. The van der Waals surface area contributed by atoms with Crippen molar-refractivity contribution in [1.29, 1.82) is 0 Å². The average molecular weight is 375 g/mol. The summed E-state index contributed by atoms with van der Waals surface area (Å²) in [5.74, 6) is -1.51. The van der Waals surface area contributed by atoms with Crippen molar-refractivity contribution in [3.63, 3.8) is 0 Å². The van der Waals surface area contributed by atoms with Gasteiger partial charge in [0.15, 0.2) is 5.11 Å². The molecule has 126 valence electrons. The van der Waals surface area contributed by atoms with Crippen LogP contribution in [0.5, 0.6) is 0 Å². The predicted octanol–water partition coefficient (Wildman–Crippen LogP) is 2.98. The third kappa shape index (κ3) is 3.92. The second-order valence-corrected chi connectivity index (χ2v) is 6.25. The van der Waals surface area contributed by atoms with E-state index in [9.17, 15) is 14.0 Å². The Hall–Kier alpha value is -2.57. The van der Waals surface area contributed by atoms with E-state index in [2.05, 4.69) is 10.6 Å². The lowest BCUT2D eigenvalue weighted by molar-refractivity contribution is -0.123. The normalized spacial score (nSPS) is 14.2. The van der Waals surface area contributed by atoms with Crippen LogP contribution < -0.4 is 10.6 Å². The number of carbonyl (C=O) groups is 2. The van der Waals surface area contributed by atoms with Gasteiger partial charge in [0.1, 0.15) is 11.4 Å². The van der Waals surface area contributed by atoms with E-state index in [1.807, 2.05) is 0 Å². The molecule has 0 aliphatic carbocycles. The molecule has 3 rings (SSSR count). The molecule has 1 fully saturated rings. The molecule has 2 amide bonds. The lowest BCUT2D eigenvalue weighted by Crippen LogP contribution is -2.51. The van der Waals surface area contributed by atoms with Crippen LogP contribution in [0, 0.1) is 5.82 Å². The first-order valence-electron chi connectivity index (χ1n) is 7.34. The van der Waals surface area contributed by atoms with E-state index in [1.54, 1.807) is 36.4 Å². The highest BCUT2D eigenvalue weighted by Gasteiger charge is 2.26. The third-order valence-corrected chi connectivity index (χ3v) is 4.13. The monoisotopic (exact) mass is 374 g/mol. The first-order chi connectivity index (χ1) is 11.9. The number of carbonyl (C=O) groups excluding carboxylic acids is 2. The summed E-state index contributed by atoms with van der Waals surface area (Å²) in [6.45, 7) is 0. The van der Waals surface area contributed by atoms with Crippen LogP contribution in [0.2, 0.25) is 5.02 Å². The smallest absolute Gasteiger partial charge is 0.263 e. The van der Waals surface area contributed by atoms with Gasteiger partial charge in [-0.3, -0.25) is 20.2 Å². The molecule has 7 heteroatoms. The number of halogens is 2. The number of benzene rings is 2. The predicted molar refractivity (Wildman–Crippen MR) is 97.5 cm³/mol. The quantitative estimate of drug-likeness (QED) is 0.493. The number of thiocarbonyl (C=S) groups is 1. The number of hydrogen-bond donors (Lipinski definition) is 2. The van der Waals surface area contributed by atoms with Gasteiger partial charge in [0, 0.05) is 11.4 Å². The van der Waals surface area contributed by atoms with Gasteiger partial charge in [0.2, 0.25) is 0 Å². The van der Waals surface area contributed by atoms with Crippen molar-refractivity contribution in [3.8, 4) is 0 Å². The zero-order valence-electron chi connectivity index (χ0n) is 12.8. The van der Waals surface area contributed by atoms with E-state index < -0.39 is 11.8 Å². The fourth-order valence-electron chi connectivity index (χ4n) is 2.47. The summed E-state index contributed by atoms with van der Waals surface area (Å²) in [6.07, 6.45) is 1.72. The second-order valence-electron chi connectivity index (χ2n) is 5.41. The third-order valence-electron chi connectivity index (χ3n) is 3.69. The van der Waals surface area contributed by atoms with Gasteiger partial charge < -0.3 is 0 Å². The SMILES string of the molecule is O=C1NC(=S)NC(=O)C1=Cc1cc(Cl)ccc1Cc1ccccc1F. The van der Waals surface area contributed by atoms with Gasteiger partial charge in [-0.1, -0.05) is 35.9 Å². The fourth-order valence-corrected chi connectivity index (χ4v) is 2.84. The summed E-state index contributed by atoms with van der Waals surface area (Å²) in [4.78, 5) is 24.0. The molecule has 0 saturated carbocycles. The molecule has 1 aliphatic heterocycles. The maximum atomic E-state index is 13.9. The number of nitrogens with one attached hydrogen (secondary N) is 2. The van der Waals surface area contributed by atoms with Crippen LogP contribution in [0.25, 0.3) is 6.08 Å². The Bertz CT molecular complexity index is 905. The summed E-state index contributed by atoms with van der Waals surface area (Å²) in [5, 5.41) is 5.15. The summed E-state index contributed by atoms with van der Waals surface area (Å²) >= 11 is 10.8. The average Bonchev–Trinajstić information content (AvgIpc) is 2.55. The van der Waals surface area contributed by atoms with Crippen LogP contribution in [0.3, 0.4) is 0 Å². The fraction of sp³-hybridized carbons (Fsp3) is 0.0556. The van der Waals surface area contributed by atoms with Crippen molar-refractivity contribution >= 4 is 46.8 Å². The number of hydrogen-bond acceptors (Lipinski definition) is 3. The topological polar surface area (TPSA) is 58.2 Å². The van der Waals surface area contributed by atoms with Gasteiger partial charge in [-0.05, 0) is 53.2 Å². The molecule has 1 aliphatic rings. The maximum Gasteiger partial charge on any atom is 0.263 e. The van der Waals surface area contributed by atoms with Crippen molar-refractivity contribution in [1.82, 2.24) is 10.6 Å². The highest BCUT2D eigenvalue weighted by Crippen LogP contribution is 2.23. The van der Waals surface area contributed by atoms with Gasteiger partial charge in [-0.25, -0.2) is 4.39 Å². The molecular weight excluding hydrogens is 363 g/mol. The first-order valence-corrected chi connectivity index (χ1v) is 8.13. The number of rotatable bonds is 3. The summed E-state index contributed by atoms with van der Waals surface area (Å²) in [5.41, 5.74) is 1.70. The molecule has 1 heterocycles. The number of amides is 2. The van der Waals surface area contributed by atoms with E-state index in [-0.39, 0.29) is 16.5 Å². The lowest BCUT2D eigenvalue weighted by Gasteiger charge is -2.17. The molecule has 2 aromatic rings. The molecule has 25 heavy (non-hydrogen) atoms. The Balaban J connectivity index is 2.01. The van der Waals surface area contributed by atoms with Crippen LogP contribution >= 0.6 is 23.8 Å². The van der Waals surface area contributed by atoms with Crippen LogP contribution in [0.4, 0.5) is 4.39 Å². The molecule has 0 bridgehead atoms. The van der Waals surface area contributed by atoms with Crippen LogP contribution in [0.1, 0.15) is 16.7 Å². The molecule has 1 saturated heterocycles. The molecule has 2 aromatic carbocycles. The van der Waals surface area contributed by atoms with Gasteiger partial charge in [-0.2, -0.15) is 0 Å². The van der Waals surface area contributed by atoms with E-state index in [0.29, 0.717) is 22.6 Å². The largest absolute Gasteiger partial charge is 0.299 e. The van der Waals surface area contributed by atoms with Crippen molar-refractivity contribution < 1.29 is 14.0 Å². The molecule has 0 aromatic heterocycles. The van der Waals surface area contributed by atoms with Crippen LogP contribution in [-0.2, 0) is 16.0 Å². The molecular formula is C18H12ClFN2O2S. The lowest BCUT2D eigenvalue weighted by atomic mass is 9.97. The van der Waals surface area contributed by atoms with Gasteiger partial charge in [-0.15, -0.1) is 0 Å². The van der Waals surface area contributed by atoms with Crippen molar-refractivity contribution in [2.24, 2.45) is 0 Å². The van der Waals surface area contributed by atoms with Crippen molar-refractivity contribution in [3.05, 3.63) is 75.6 Å². The highest BCUT2D eigenvalue weighted by molar-refractivity contribution is 7.80. The highest BCUT2D eigenvalue weighted by atomic mass is 35.5.